The highest BCUT2D eigenvalue weighted by molar-refractivity contribution is 5.87. The number of aromatic hydroxyl groups is 1. The fourth-order valence-electron chi connectivity index (χ4n) is 3.35. The first kappa shape index (κ1) is 14.4. The number of nitrogens with zero attached hydrogens (tertiary/aromatic N) is 1. The largest absolute Gasteiger partial charge is 0.508 e. The van der Waals surface area contributed by atoms with Crippen LogP contribution in [0.3, 0.4) is 0 Å². The van der Waals surface area contributed by atoms with Crippen LogP contribution < -0.4 is 5.32 Å². The molecular weight excluding hydrogens is 260 g/mol. The van der Waals surface area contributed by atoms with Crippen molar-refractivity contribution in [1.82, 2.24) is 10.2 Å². The van der Waals surface area contributed by atoms with E-state index in [9.17, 15) is 5.11 Å². The normalized spacial score (nSPS) is 20.0. The van der Waals surface area contributed by atoms with Crippen LogP contribution in [0.1, 0.15) is 18.4 Å². The zero-order valence-corrected chi connectivity index (χ0v) is 12.7. The number of nitrogens with one attached hydrogen (secondary N) is 1. The minimum atomic E-state index is 0.391. The van der Waals surface area contributed by atoms with Crippen LogP contribution in [-0.4, -0.2) is 36.7 Å². The van der Waals surface area contributed by atoms with Gasteiger partial charge in [0.15, 0.2) is 0 Å². The minimum absolute atomic E-state index is 0.391. The molecule has 0 radical (unpaired) electrons. The topological polar surface area (TPSA) is 35.5 Å². The van der Waals surface area contributed by atoms with Crippen molar-refractivity contribution in [2.75, 3.05) is 26.7 Å². The van der Waals surface area contributed by atoms with E-state index in [-0.39, 0.29) is 0 Å². The third-order valence-corrected chi connectivity index (χ3v) is 4.47. The van der Waals surface area contributed by atoms with Gasteiger partial charge in [0.2, 0.25) is 0 Å². The number of rotatable bonds is 4. The second kappa shape index (κ2) is 6.46. The molecule has 112 valence electrons. The summed E-state index contributed by atoms with van der Waals surface area (Å²) in [7, 11) is 2.20. The van der Waals surface area contributed by atoms with Crippen LogP contribution in [0, 0.1) is 5.92 Å². The maximum atomic E-state index is 10.1. The Morgan fingerprint density at radius 2 is 2.10 bits per heavy atom. The lowest BCUT2D eigenvalue weighted by Gasteiger charge is -2.29. The number of piperidine rings is 1. The molecule has 3 nitrogen and oxygen atoms in total. The quantitative estimate of drug-likeness (QED) is 0.906. The standard InChI is InChI=1S/C18H24N2O/c1-20-10-4-5-14(13-20)11-19-12-17-16-7-3-2-6-15(16)8-9-18(17)21/h2-3,6-9,14,19,21H,4-5,10-13H2,1H3. The van der Waals surface area contributed by atoms with Gasteiger partial charge in [-0.05, 0) is 55.7 Å². The average Bonchev–Trinajstić information content (AvgIpc) is 2.50. The maximum Gasteiger partial charge on any atom is 0.120 e. The molecule has 1 heterocycles. The molecule has 0 amide bonds. The Balaban J connectivity index is 1.66. The molecule has 21 heavy (non-hydrogen) atoms. The van der Waals surface area contributed by atoms with Crippen LogP contribution in [0.5, 0.6) is 5.75 Å². The van der Waals surface area contributed by atoms with E-state index in [4.69, 9.17) is 0 Å². The summed E-state index contributed by atoms with van der Waals surface area (Å²) in [5.41, 5.74) is 1.01. The van der Waals surface area contributed by atoms with Gasteiger partial charge in [-0.25, -0.2) is 0 Å². The molecule has 1 aliphatic rings. The van der Waals surface area contributed by atoms with Crippen LogP contribution in [0.15, 0.2) is 36.4 Å². The van der Waals surface area contributed by atoms with Gasteiger partial charge in [0, 0.05) is 18.7 Å². The molecule has 1 saturated heterocycles. The van der Waals surface area contributed by atoms with Crippen molar-refractivity contribution < 1.29 is 5.11 Å². The highest BCUT2D eigenvalue weighted by atomic mass is 16.3. The van der Waals surface area contributed by atoms with Gasteiger partial charge in [0.1, 0.15) is 5.75 Å². The van der Waals surface area contributed by atoms with Gasteiger partial charge in [-0.3, -0.25) is 0 Å². The Morgan fingerprint density at radius 1 is 1.24 bits per heavy atom. The highest BCUT2D eigenvalue weighted by Crippen LogP contribution is 2.27. The lowest BCUT2D eigenvalue weighted by molar-refractivity contribution is 0.206. The van der Waals surface area contributed by atoms with Gasteiger partial charge in [-0.15, -0.1) is 0 Å². The third kappa shape index (κ3) is 3.36. The van der Waals surface area contributed by atoms with E-state index in [0.717, 1.165) is 30.0 Å². The average molecular weight is 284 g/mol. The van der Waals surface area contributed by atoms with Gasteiger partial charge in [-0.2, -0.15) is 0 Å². The SMILES string of the molecule is CN1CCCC(CNCc2c(O)ccc3ccccc23)C1. The van der Waals surface area contributed by atoms with E-state index < -0.39 is 0 Å². The van der Waals surface area contributed by atoms with Gasteiger partial charge in [0.25, 0.3) is 0 Å². The van der Waals surface area contributed by atoms with Crippen molar-refractivity contribution in [3.05, 3.63) is 42.0 Å². The van der Waals surface area contributed by atoms with E-state index in [1.165, 1.54) is 31.3 Å². The summed E-state index contributed by atoms with van der Waals surface area (Å²) in [6.07, 6.45) is 2.60. The highest BCUT2D eigenvalue weighted by Gasteiger charge is 2.16. The molecule has 3 heteroatoms. The van der Waals surface area contributed by atoms with Gasteiger partial charge < -0.3 is 15.3 Å². The van der Waals surface area contributed by atoms with Crippen molar-refractivity contribution in [3.63, 3.8) is 0 Å². The summed E-state index contributed by atoms with van der Waals surface area (Å²) in [6.45, 7) is 4.15. The summed E-state index contributed by atoms with van der Waals surface area (Å²) in [6, 6.07) is 12.0. The first-order valence-electron chi connectivity index (χ1n) is 7.83. The molecule has 1 unspecified atom stereocenters. The number of phenols is 1. The first-order valence-corrected chi connectivity index (χ1v) is 7.83. The molecule has 2 aromatic carbocycles. The summed E-state index contributed by atoms with van der Waals surface area (Å²) in [4.78, 5) is 2.41. The molecule has 0 bridgehead atoms. The fraction of sp³-hybridized carbons (Fsp3) is 0.444. The number of hydrogen-bond donors (Lipinski definition) is 2. The molecular formula is C18H24N2O. The molecule has 1 fully saturated rings. The van der Waals surface area contributed by atoms with E-state index in [1.807, 2.05) is 18.2 Å². The zero-order chi connectivity index (χ0) is 14.7. The van der Waals surface area contributed by atoms with Crippen LogP contribution in [-0.2, 0) is 6.54 Å². The third-order valence-electron chi connectivity index (χ3n) is 4.47. The Kier molecular flexibility index (Phi) is 4.42. The molecule has 0 spiro atoms. The zero-order valence-electron chi connectivity index (χ0n) is 12.7. The van der Waals surface area contributed by atoms with E-state index in [0.29, 0.717) is 5.75 Å². The van der Waals surface area contributed by atoms with Crippen LogP contribution in [0.25, 0.3) is 10.8 Å². The smallest absolute Gasteiger partial charge is 0.120 e. The molecule has 0 aromatic heterocycles. The molecule has 1 atom stereocenters. The van der Waals surface area contributed by atoms with Gasteiger partial charge in [0.05, 0.1) is 0 Å². The summed E-state index contributed by atoms with van der Waals surface area (Å²) >= 11 is 0. The summed E-state index contributed by atoms with van der Waals surface area (Å²) in [5, 5.41) is 16.0. The minimum Gasteiger partial charge on any atom is -0.508 e. The van der Waals surface area contributed by atoms with Gasteiger partial charge >= 0.3 is 0 Å². The number of phenolic OH excluding ortho intramolecular Hbond substituents is 1. The number of fused-ring (bicyclic) bond motifs is 1. The van der Waals surface area contributed by atoms with Crippen molar-refractivity contribution in [3.8, 4) is 5.75 Å². The predicted octanol–water partition coefficient (Wildman–Crippen LogP) is 2.98. The lowest BCUT2D eigenvalue weighted by atomic mass is 9.98. The molecule has 2 N–H and O–H groups in total. The fourth-order valence-corrected chi connectivity index (χ4v) is 3.35. The van der Waals surface area contributed by atoms with E-state index >= 15 is 0 Å². The van der Waals surface area contributed by atoms with Gasteiger partial charge in [-0.1, -0.05) is 30.3 Å². The Hall–Kier alpha value is -1.58. The van der Waals surface area contributed by atoms with Crippen LogP contribution >= 0.6 is 0 Å². The molecule has 0 saturated carbocycles. The first-order chi connectivity index (χ1) is 10.2. The van der Waals surface area contributed by atoms with Crippen molar-refractivity contribution in [2.45, 2.75) is 19.4 Å². The molecule has 3 rings (SSSR count). The maximum absolute atomic E-state index is 10.1. The lowest BCUT2D eigenvalue weighted by Crippen LogP contribution is -2.37. The van der Waals surface area contributed by atoms with E-state index in [2.05, 4.69) is 29.4 Å². The number of likely N-dealkylation sites (tertiary alicyclic amines) is 1. The number of benzene rings is 2. The van der Waals surface area contributed by atoms with Crippen LogP contribution in [0.4, 0.5) is 0 Å². The second-order valence-corrected chi connectivity index (χ2v) is 6.19. The monoisotopic (exact) mass is 284 g/mol. The van der Waals surface area contributed by atoms with Crippen LogP contribution in [0.2, 0.25) is 0 Å². The predicted molar refractivity (Wildman–Crippen MR) is 87.5 cm³/mol. The summed E-state index contributed by atoms with van der Waals surface area (Å²) in [5.74, 6) is 1.11. The molecule has 2 aromatic rings. The Labute approximate surface area is 126 Å². The summed E-state index contributed by atoms with van der Waals surface area (Å²) < 4.78 is 0. The van der Waals surface area contributed by atoms with Crippen molar-refractivity contribution >= 4 is 10.8 Å². The van der Waals surface area contributed by atoms with Crippen molar-refractivity contribution in [2.24, 2.45) is 5.92 Å². The molecule has 1 aliphatic heterocycles. The Bertz CT molecular complexity index is 611. The molecule has 0 aliphatic carbocycles. The van der Waals surface area contributed by atoms with E-state index in [1.54, 1.807) is 6.07 Å². The Morgan fingerprint density at radius 3 is 2.95 bits per heavy atom. The van der Waals surface area contributed by atoms with Crippen molar-refractivity contribution in [1.29, 1.82) is 0 Å². The number of hydrogen-bond acceptors (Lipinski definition) is 3. The second-order valence-electron chi connectivity index (χ2n) is 6.19.